The van der Waals surface area contributed by atoms with Gasteiger partial charge in [0.15, 0.2) is 0 Å². The predicted molar refractivity (Wildman–Crippen MR) is 67.8 cm³/mol. The van der Waals surface area contributed by atoms with Gasteiger partial charge >= 0.3 is 0 Å². The number of nitriles is 1. The highest BCUT2D eigenvalue weighted by Gasteiger charge is 2.39. The molecule has 2 heteroatoms. The molecule has 88 valence electrons. The van der Waals surface area contributed by atoms with Gasteiger partial charge in [-0.3, -0.25) is 0 Å². The molecule has 0 spiro atoms. The lowest BCUT2D eigenvalue weighted by atomic mass is 9.65. The molecule has 1 aromatic rings. The minimum atomic E-state index is -0.165. The molecule has 0 amide bonds. The third kappa shape index (κ3) is 1.75. The molecule has 1 heterocycles. The molecular formula is C15H18N2. The first-order valence-corrected chi connectivity index (χ1v) is 6.56. The maximum Gasteiger partial charge on any atom is 0.0822 e. The fourth-order valence-electron chi connectivity index (χ4n) is 3.02. The summed E-state index contributed by atoms with van der Waals surface area (Å²) >= 11 is 0. The van der Waals surface area contributed by atoms with Gasteiger partial charge in [-0.05, 0) is 49.3 Å². The molecule has 0 bridgehead atoms. The van der Waals surface area contributed by atoms with E-state index in [0.29, 0.717) is 5.92 Å². The molecule has 2 fully saturated rings. The number of rotatable bonds is 2. The van der Waals surface area contributed by atoms with Crippen molar-refractivity contribution in [2.45, 2.75) is 37.0 Å². The molecule has 2 aliphatic rings. The summed E-state index contributed by atoms with van der Waals surface area (Å²) in [5.41, 5.74) is 2.49. The van der Waals surface area contributed by atoms with E-state index in [4.69, 9.17) is 0 Å². The molecular weight excluding hydrogens is 208 g/mol. The van der Waals surface area contributed by atoms with Crippen molar-refractivity contribution in [2.24, 2.45) is 0 Å². The van der Waals surface area contributed by atoms with E-state index in [9.17, 15) is 5.26 Å². The first-order chi connectivity index (χ1) is 8.34. The van der Waals surface area contributed by atoms with Gasteiger partial charge in [-0.15, -0.1) is 0 Å². The van der Waals surface area contributed by atoms with Crippen LogP contribution in [0.25, 0.3) is 0 Å². The van der Waals surface area contributed by atoms with E-state index < -0.39 is 0 Å². The SMILES string of the molecule is N#CC1(c2cccc(C3CCNC3)c2)CCC1. The molecule has 1 aromatic carbocycles. The minimum Gasteiger partial charge on any atom is -0.316 e. The topological polar surface area (TPSA) is 35.8 Å². The molecule has 1 N–H and O–H groups in total. The zero-order valence-electron chi connectivity index (χ0n) is 10.1. The summed E-state index contributed by atoms with van der Waals surface area (Å²) in [6.45, 7) is 2.21. The van der Waals surface area contributed by atoms with Crippen LogP contribution < -0.4 is 5.32 Å². The van der Waals surface area contributed by atoms with Crippen LogP contribution in [0.5, 0.6) is 0 Å². The van der Waals surface area contributed by atoms with Crippen molar-refractivity contribution in [1.29, 1.82) is 5.26 Å². The van der Waals surface area contributed by atoms with E-state index in [-0.39, 0.29) is 5.41 Å². The molecule has 2 nitrogen and oxygen atoms in total. The van der Waals surface area contributed by atoms with E-state index in [0.717, 1.165) is 25.9 Å². The van der Waals surface area contributed by atoms with Gasteiger partial charge in [0, 0.05) is 6.54 Å². The molecule has 3 rings (SSSR count). The smallest absolute Gasteiger partial charge is 0.0822 e. The van der Waals surface area contributed by atoms with Crippen molar-refractivity contribution in [3.05, 3.63) is 35.4 Å². The van der Waals surface area contributed by atoms with Gasteiger partial charge in [-0.25, -0.2) is 0 Å². The van der Waals surface area contributed by atoms with Gasteiger partial charge in [-0.1, -0.05) is 24.3 Å². The lowest BCUT2D eigenvalue weighted by Crippen LogP contribution is -2.32. The van der Waals surface area contributed by atoms with Gasteiger partial charge in [-0.2, -0.15) is 5.26 Å². The Hall–Kier alpha value is -1.33. The molecule has 1 saturated heterocycles. The number of benzene rings is 1. The van der Waals surface area contributed by atoms with Crippen molar-refractivity contribution < 1.29 is 0 Å². The number of hydrogen-bond donors (Lipinski definition) is 1. The summed E-state index contributed by atoms with van der Waals surface area (Å²) in [5.74, 6) is 0.644. The Morgan fingerprint density at radius 3 is 2.82 bits per heavy atom. The highest BCUT2D eigenvalue weighted by molar-refractivity contribution is 5.39. The summed E-state index contributed by atoms with van der Waals surface area (Å²) < 4.78 is 0. The standard InChI is InChI=1S/C15H18N2/c16-11-15(6-2-7-15)14-4-1-3-12(9-14)13-5-8-17-10-13/h1,3-4,9,13,17H,2,5-8,10H2. The maximum atomic E-state index is 9.38. The van der Waals surface area contributed by atoms with Crippen LogP contribution in [0.15, 0.2) is 24.3 Å². The number of hydrogen-bond acceptors (Lipinski definition) is 2. The predicted octanol–water partition coefficient (Wildman–Crippen LogP) is 2.71. The van der Waals surface area contributed by atoms with Gasteiger partial charge in [0.1, 0.15) is 0 Å². The van der Waals surface area contributed by atoms with Gasteiger partial charge in [0.25, 0.3) is 0 Å². The molecule has 0 aromatic heterocycles. The van der Waals surface area contributed by atoms with Crippen molar-refractivity contribution in [3.8, 4) is 6.07 Å². The molecule has 1 saturated carbocycles. The zero-order chi connectivity index (χ0) is 11.7. The zero-order valence-corrected chi connectivity index (χ0v) is 10.1. The van der Waals surface area contributed by atoms with Crippen LogP contribution in [0, 0.1) is 11.3 Å². The third-order valence-electron chi connectivity index (χ3n) is 4.39. The largest absolute Gasteiger partial charge is 0.316 e. The van der Waals surface area contributed by atoms with E-state index in [1.165, 1.54) is 24.0 Å². The van der Waals surface area contributed by atoms with Crippen LogP contribution in [0.2, 0.25) is 0 Å². The maximum absolute atomic E-state index is 9.38. The monoisotopic (exact) mass is 226 g/mol. The average molecular weight is 226 g/mol. The Morgan fingerprint density at radius 2 is 2.24 bits per heavy atom. The molecule has 17 heavy (non-hydrogen) atoms. The van der Waals surface area contributed by atoms with Gasteiger partial charge < -0.3 is 5.32 Å². The summed E-state index contributed by atoms with van der Waals surface area (Å²) in [5, 5.41) is 12.8. The molecule has 0 radical (unpaired) electrons. The summed E-state index contributed by atoms with van der Waals surface area (Å²) in [4.78, 5) is 0. The van der Waals surface area contributed by atoms with Crippen molar-refractivity contribution in [1.82, 2.24) is 5.32 Å². The van der Waals surface area contributed by atoms with Crippen LogP contribution in [0.1, 0.15) is 42.7 Å². The second kappa shape index (κ2) is 4.16. The first kappa shape index (κ1) is 10.8. The summed E-state index contributed by atoms with van der Waals surface area (Å²) in [6, 6.07) is 11.3. The molecule has 1 atom stereocenters. The Bertz CT molecular complexity index is 448. The second-order valence-electron chi connectivity index (χ2n) is 5.36. The Labute approximate surface area is 103 Å². The van der Waals surface area contributed by atoms with Crippen LogP contribution in [-0.4, -0.2) is 13.1 Å². The molecule has 1 unspecified atom stereocenters. The van der Waals surface area contributed by atoms with Crippen LogP contribution in [-0.2, 0) is 5.41 Å². The van der Waals surface area contributed by atoms with E-state index >= 15 is 0 Å². The second-order valence-corrected chi connectivity index (χ2v) is 5.36. The quantitative estimate of drug-likeness (QED) is 0.841. The Kier molecular flexibility index (Phi) is 2.64. The van der Waals surface area contributed by atoms with Crippen LogP contribution in [0.4, 0.5) is 0 Å². The van der Waals surface area contributed by atoms with Crippen LogP contribution in [0.3, 0.4) is 0 Å². The van der Waals surface area contributed by atoms with Crippen LogP contribution >= 0.6 is 0 Å². The Morgan fingerprint density at radius 1 is 1.35 bits per heavy atom. The van der Waals surface area contributed by atoms with Crippen molar-refractivity contribution >= 4 is 0 Å². The lowest BCUT2D eigenvalue weighted by Gasteiger charge is -2.36. The fraction of sp³-hybridized carbons (Fsp3) is 0.533. The lowest BCUT2D eigenvalue weighted by molar-refractivity contribution is 0.324. The molecule has 1 aliphatic heterocycles. The number of nitrogens with zero attached hydrogens (tertiary/aromatic N) is 1. The summed E-state index contributed by atoms with van der Waals surface area (Å²) in [7, 11) is 0. The van der Waals surface area contributed by atoms with E-state index in [2.05, 4.69) is 35.7 Å². The molecule has 1 aliphatic carbocycles. The van der Waals surface area contributed by atoms with Crippen molar-refractivity contribution in [2.75, 3.05) is 13.1 Å². The highest BCUT2D eigenvalue weighted by Crippen LogP contribution is 2.43. The summed E-state index contributed by atoms with van der Waals surface area (Å²) in [6.07, 6.45) is 4.50. The van der Waals surface area contributed by atoms with Crippen molar-refractivity contribution in [3.63, 3.8) is 0 Å². The number of nitrogens with one attached hydrogen (secondary N) is 1. The minimum absolute atomic E-state index is 0.165. The van der Waals surface area contributed by atoms with Gasteiger partial charge in [0.05, 0.1) is 11.5 Å². The van der Waals surface area contributed by atoms with E-state index in [1.807, 2.05) is 0 Å². The van der Waals surface area contributed by atoms with Gasteiger partial charge in [0.2, 0.25) is 0 Å². The first-order valence-electron chi connectivity index (χ1n) is 6.56. The Balaban J connectivity index is 1.91. The highest BCUT2D eigenvalue weighted by atomic mass is 14.9. The normalized spacial score (nSPS) is 26.2. The van der Waals surface area contributed by atoms with E-state index in [1.54, 1.807) is 0 Å². The third-order valence-corrected chi connectivity index (χ3v) is 4.39. The fourth-order valence-corrected chi connectivity index (χ4v) is 3.02. The average Bonchev–Trinajstić information content (AvgIpc) is 2.82.